The third kappa shape index (κ3) is 2.75. The Kier molecular flexibility index (Phi) is 4.20. The van der Waals surface area contributed by atoms with Crippen molar-refractivity contribution in [1.29, 1.82) is 0 Å². The fourth-order valence-electron chi connectivity index (χ4n) is 4.05. The Labute approximate surface area is 163 Å². The van der Waals surface area contributed by atoms with Gasteiger partial charge in [0.2, 0.25) is 0 Å². The molecule has 5 nitrogen and oxygen atoms in total. The van der Waals surface area contributed by atoms with Gasteiger partial charge in [-0.3, -0.25) is 15.0 Å². The normalized spacial score (nSPS) is 24.1. The number of nitrogens with zero attached hydrogens (tertiary/aromatic N) is 5. The zero-order valence-corrected chi connectivity index (χ0v) is 16.0. The van der Waals surface area contributed by atoms with Crippen LogP contribution in [0.4, 0.5) is 0 Å². The molecule has 136 valence electrons. The third-order valence-corrected chi connectivity index (χ3v) is 6.48. The molecule has 0 N–H and O–H groups in total. The Balaban J connectivity index is 1.63. The summed E-state index contributed by atoms with van der Waals surface area (Å²) >= 11 is 1.88. The molecule has 27 heavy (non-hydrogen) atoms. The van der Waals surface area contributed by atoms with Gasteiger partial charge >= 0.3 is 0 Å². The summed E-state index contributed by atoms with van der Waals surface area (Å²) in [6.07, 6.45) is 8.79. The molecule has 0 saturated carbocycles. The lowest BCUT2D eigenvalue weighted by molar-refractivity contribution is 0.249. The van der Waals surface area contributed by atoms with Crippen LogP contribution in [0.15, 0.2) is 72.2 Å². The molecule has 3 atom stereocenters. The molecule has 5 heterocycles. The summed E-state index contributed by atoms with van der Waals surface area (Å²) in [5.41, 5.74) is 3.40. The van der Waals surface area contributed by atoms with Crippen molar-refractivity contribution < 1.29 is 0 Å². The SMILES string of the molecule is CC[C@@H]1CSC2=N[C@@H](c3ccccn3)[C@@H](c3cccn3-c3ccncc3)N21. The molecule has 0 amide bonds. The summed E-state index contributed by atoms with van der Waals surface area (Å²) in [5.74, 6) is 1.11. The van der Waals surface area contributed by atoms with E-state index in [0.29, 0.717) is 6.04 Å². The fraction of sp³-hybridized carbons (Fsp3) is 0.286. The van der Waals surface area contributed by atoms with Gasteiger partial charge in [0.05, 0.1) is 5.69 Å². The van der Waals surface area contributed by atoms with E-state index in [1.807, 2.05) is 48.6 Å². The van der Waals surface area contributed by atoms with Crippen LogP contribution >= 0.6 is 11.8 Å². The van der Waals surface area contributed by atoms with E-state index in [9.17, 15) is 0 Å². The van der Waals surface area contributed by atoms with Crippen LogP contribution in [-0.4, -0.2) is 36.4 Å². The molecule has 0 unspecified atom stereocenters. The van der Waals surface area contributed by atoms with Crippen LogP contribution in [0.5, 0.6) is 0 Å². The van der Waals surface area contributed by atoms with Crippen LogP contribution in [0.1, 0.15) is 36.8 Å². The molecule has 1 saturated heterocycles. The third-order valence-electron chi connectivity index (χ3n) is 5.35. The fourth-order valence-corrected chi connectivity index (χ4v) is 5.38. The molecule has 0 bridgehead atoms. The quantitative estimate of drug-likeness (QED) is 0.684. The molecule has 0 spiro atoms. The molecule has 0 aliphatic carbocycles. The molecule has 2 aliphatic rings. The molecular weight excluding hydrogens is 354 g/mol. The first-order chi connectivity index (χ1) is 13.4. The van der Waals surface area contributed by atoms with Gasteiger partial charge in [0, 0.05) is 48.0 Å². The van der Waals surface area contributed by atoms with Gasteiger partial charge in [-0.05, 0) is 42.8 Å². The number of hydrogen-bond donors (Lipinski definition) is 0. The molecule has 0 radical (unpaired) electrons. The summed E-state index contributed by atoms with van der Waals surface area (Å²) in [4.78, 5) is 16.4. The molecule has 1 fully saturated rings. The van der Waals surface area contributed by atoms with Crippen molar-refractivity contribution in [3.8, 4) is 5.69 Å². The molecule has 3 aromatic heterocycles. The van der Waals surface area contributed by atoms with E-state index in [4.69, 9.17) is 4.99 Å². The van der Waals surface area contributed by atoms with Gasteiger partial charge < -0.3 is 9.47 Å². The maximum atomic E-state index is 5.11. The van der Waals surface area contributed by atoms with E-state index in [0.717, 1.165) is 28.7 Å². The van der Waals surface area contributed by atoms with Gasteiger partial charge in [-0.15, -0.1) is 0 Å². The highest BCUT2D eigenvalue weighted by atomic mass is 32.2. The number of thioether (sulfide) groups is 1. The number of aromatic nitrogens is 3. The van der Waals surface area contributed by atoms with Crippen molar-refractivity contribution in [1.82, 2.24) is 19.4 Å². The highest BCUT2D eigenvalue weighted by Crippen LogP contribution is 2.48. The predicted octanol–water partition coefficient (Wildman–Crippen LogP) is 4.25. The number of aliphatic imine (C=N–C) groups is 1. The molecule has 6 heteroatoms. The van der Waals surface area contributed by atoms with Crippen LogP contribution in [-0.2, 0) is 0 Å². The second-order valence-corrected chi connectivity index (χ2v) is 7.83. The van der Waals surface area contributed by atoms with Crippen LogP contribution in [0, 0.1) is 0 Å². The lowest BCUT2D eigenvalue weighted by Gasteiger charge is -2.32. The van der Waals surface area contributed by atoms with Gasteiger partial charge in [-0.25, -0.2) is 0 Å². The topological polar surface area (TPSA) is 46.3 Å². The minimum atomic E-state index is 0.0125. The van der Waals surface area contributed by atoms with E-state index in [2.05, 4.69) is 56.8 Å². The molecule has 2 aliphatic heterocycles. The van der Waals surface area contributed by atoms with E-state index in [-0.39, 0.29) is 12.1 Å². The van der Waals surface area contributed by atoms with Gasteiger partial charge in [0.15, 0.2) is 5.17 Å². The lowest BCUT2D eigenvalue weighted by atomic mass is 9.99. The summed E-state index contributed by atoms with van der Waals surface area (Å²) < 4.78 is 2.26. The van der Waals surface area contributed by atoms with Gasteiger partial charge in [0.1, 0.15) is 12.1 Å². The second kappa shape index (κ2) is 6.85. The molecule has 0 aromatic carbocycles. The van der Waals surface area contributed by atoms with Crippen molar-refractivity contribution in [3.63, 3.8) is 0 Å². The van der Waals surface area contributed by atoms with Crippen LogP contribution in [0.3, 0.4) is 0 Å². The summed E-state index contributed by atoms with van der Waals surface area (Å²) in [6.45, 7) is 2.27. The minimum absolute atomic E-state index is 0.0125. The first-order valence-electron chi connectivity index (χ1n) is 9.34. The summed E-state index contributed by atoms with van der Waals surface area (Å²) in [6, 6.07) is 15.2. The smallest absolute Gasteiger partial charge is 0.160 e. The monoisotopic (exact) mass is 375 g/mol. The number of amidine groups is 1. The average Bonchev–Trinajstić information content (AvgIpc) is 3.44. The lowest BCUT2D eigenvalue weighted by Crippen LogP contribution is -2.36. The second-order valence-electron chi connectivity index (χ2n) is 6.84. The maximum absolute atomic E-state index is 5.11. The van der Waals surface area contributed by atoms with Gasteiger partial charge in [-0.2, -0.15) is 0 Å². The Morgan fingerprint density at radius 1 is 1.07 bits per heavy atom. The van der Waals surface area contributed by atoms with E-state index < -0.39 is 0 Å². The van der Waals surface area contributed by atoms with Gasteiger partial charge in [-0.1, -0.05) is 24.8 Å². The summed E-state index contributed by atoms with van der Waals surface area (Å²) in [5, 5.41) is 1.16. The molecule has 3 aromatic rings. The summed E-state index contributed by atoms with van der Waals surface area (Å²) in [7, 11) is 0. The Hall–Kier alpha value is -2.60. The minimum Gasteiger partial charge on any atom is -0.337 e. The molecular formula is C21H21N5S. The largest absolute Gasteiger partial charge is 0.337 e. The number of pyridine rings is 2. The zero-order valence-electron chi connectivity index (χ0n) is 15.1. The van der Waals surface area contributed by atoms with Gasteiger partial charge in [0.25, 0.3) is 0 Å². The van der Waals surface area contributed by atoms with Crippen molar-refractivity contribution in [2.45, 2.75) is 31.5 Å². The number of rotatable bonds is 4. The Morgan fingerprint density at radius 3 is 2.74 bits per heavy atom. The number of hydrogen-bond acceptors (Lipinski definition) is 5. The van der Waals surface area contributed by atoms with E-state index >= 15 is 0 Å². The average molecular weight is 376 g/mol. The van der Waals surface area contributed by atoms with Crippen LogP contribution < -0.4 is 0 Å². The van der Waals surface area contributed by atoms with Crippen molar-refractivity contribution >= 4 is 16.9 Å². The van der Waals surface area contributed by atoms with E-state index in [1.165, 1.54) is 5.69 Å². The highest BCUT2D eigenvalue weighted by Gasteiger charge is 2.46. The van der Waals surface area contributed by atoms with Crippen molar-refractivity contribution in [2.75, 3.05) is 5.75 Å². The van der Waals surface area contributed by atoms with Crippen molar-refractivity contribution in [3.05, 3.63) is 78.6 Å². The van der Waals surface area contributed by atoms with Crippen LogP contribution in [0.25, 0.3) is 5.69 Å². The first kappa shape index (κ1) is 16.6. The van der Waals surface area contributed by atoms with E-state index in [1.54, 1.807) is 0 Å². The standard InChI is InChI=1S/C21H21N5S/c1-2-15-14-27-21-24-19(17-6-3-4-10-23-17)20(26(15)21)18-7-5-13-25(18)16-8-11-22-12-9-16/h3-13,15,19-20H,2,14H2,1H3/t15-,19+,20-/m1/s1. The van der Waals surface area contributed by atoms with Crippen molar-refractivity contribution in [2.24, 2.45) is 4.99 Å². The predicted molar refractivity (Wildman–Crippen MR) is 109 cm³/mol. The Bertz CT molecular complexity index is 953. The molecule has 5 rings (SSSR count). The first-order valence-corrected chi connectivity index (χ1v) is 10.3. The maximum Gasteiger partial charge on any atom is 0.160 e. The Morgan fingerprint density at radius 2 is 1.96 bits per heavy atom. The zero-order chi connectivity index (χ0) is 18.2. The highest BCUT2D eigenvalue weighted by molar-refractivity contribution is 8.14. The van der Waals surface area contributed by atoms with Crippen LogP contribution in [0.2, 0.25) is 0 Å². The number of fused-ring (bicyclic) bond motifs is 1.